The Morgan fingerprint density at radius 3 is 2.26 bits per heavy atom. The second-order valence-corrected chi connectivity index (χ2v) is 7.72. The lowest BCUT2D eigenvalue weighted by atomic mass is 9.81. The Labute approximate surface area is 157 Å². The summed E-state index contributed by atoms with van der Waals surface area (Å²) >= 11 is 0. The SMILES string of the molecule is Cc1ccc(NC(=O)COC(=O)CN2C(=O)[C@@H]3[C@H]4CC[C@@H](C4)[C@@H]3C2=O)cc1. The van der Waals surface area contributed by atoms with Gasteiger partial charge in [0.05, 0.1) is 11.8 Å². The molecule has 1 aromatic rings. The van der Waals surface area contributed by atoms with Crippen LogP contribution in [0.5, 0.6) is 0 Å². The van der Waals surface area contributed by atoms with Crippen LogP contribution in [0.4, 0.5) is 5.69 Å². The van der Waals surface area contributed by atoms with Crippen molar-refractivity contribution < 1.29 is 23.9 Å². The van der Waals surface area contributed by atoms with Crippen LogP contribution in [-0.4, -0.2) is 41.7 Å². The number of hydrogen-bond acceptors (Lipinski definition) is 5. The number of fused-ring (bicyclic) bond motifs is 5. The van der Waals surface area contributed by atoms with E-state index in [0.717, 1.165) is 29.7 Å². The van der Waals surface area contributed by atoms with E-state index in [2.05, 4.69) is 5.32 Å². The monoisotopic (exact) mass is 370 g/mol. The molecule has 2 bridgehead atoms. The topological polar surface area (TPSA) is 92.8 Å². The van der Waals surface area contributed by atoms with Crippen molar-refractivity contribution in [1.29, 1.82) is 0 Å². The molecule has 1 aromatic carbocycles. The van der Waals surface area contributed by atoms with E-state index in [4.69, 9.17) is 4.74 Å². The van der Waals surface area contributed by atoms with Crippen LogP contribution in [0, 0.1) is 30.6 Å². The van der Waals surface area contributed by atoms with E-state index in [1.165, 1.54) is 0 Å². The van der Waals surface area contributed by atoms with Gasteiger partial charge in [-0.2, -0.15) is 0 Å². The molecule has 1 heterocycles. The zero-order valence-electron chi connectivity index (χ0n) is 15.1. The van der Waals surface area contributed by atoms with Gasteiger partial charge in [-0.3, -0.25) is 24.1 Å². The van der Waals surface area contributed by atoms with Gasteiger partial charge in [-0.25, -0.2) is 0 Å². The minimum atomic E-state index is -0.747. The van der Waals surface area contributed by atoms with Crippen molar-refractivity contribution in [1.82, 2.24) is 4.90 Å². The highest BCUT2D eigenvalue weighted by Gasteiger charge is 2.61. The number of aryl methyl sites for hydroxylation is 1. The van der Waals surface area contributed by atoms with E-state index in [9.17, 15) is 19.2 Å². The highest BCUT2D eigenvalue weighted by molar-refractivity contribution is 6.07. The fourth-order valence-electron chi connectivity index (χ4n) is 4.78. The molecule has 27 heavy (non-hydrogen) atoms. The summed E-state index contributed by atoms with van der Waals surface area (Å²) in [6, 6.07) is 7.22. The molecular weight excluding hydrogens is 348 g/mol. The summed E-state index contributed by atoms with van der Waals surface area (Å²) in [4.78, 5) is 50.1. The van der Waals surface area contributed by atoms with Gasteiger partial charge in [0.15, 0.2) is 6.61 Å². The van der Waals surface area contributed by atoms with Gasteiger partial charge in [0.2, 0.25) is 11.8 Å². The van der Waals surface area contributed by atoms with Crippen LogP contribution in [-0.2, 0) is 23.9 Å². The minimum absolute atomic E-state index is 0.252. The Morgan fingerprint density at radius 1 is 1.07 bits per heavy atom. The Morgan fingerprint density at radius 2 is 1.67 bits per heavy atom. The molecule has 0 spiro atoms. The number of likely N-dealkylation sites (tertiary alicyclic amines) is 1. The molecule has 2 aliphatic carbocycles. The number of hydrogen-bond donors (Lipinski definition) is 1. The standard InChI is InChI=1S/C20H22N2O5/c1-11-2-6-14(7-3-11)21-15(23)10-27-16(24)9-22-19(25)17-12-4-5-13(8-12)18(17)20(22)26/h2-3,6-7,12-13,17-18H,4-5,8-10H2,1H3,(H,21,23)/t12-,13-,17-,18+/m0/s1. The Bertz CT molecular complexity index is 775. The van der Waals surface area contributed by atoms with E-state index in [0.29, 0.717) is 5.69 Å². The third kappa shape index (κ3) is 3.22. The number of nitrogens with zero attached hydrogens (tertiary/aromatic N) is 1. The molecule has 142 valence electrons. The zero-order valence-corrected chi connectivity index (χ0v) is 15.1. The van der Waals surface area contributed by atoms with Crippen LogP contribution in [0.3, 0.4) is 0 Å². The first-order chi connectivity index (χ1) is 12.9. The molecule has 1 saturated heterocycles. The van der Waals surface area contributed by atoms with E-state index in [1.807, 2.05) is 19.1 Å². The zero-order chi connectivity index (χ0) is 19.1. The Kier molecular flexibility index (Phi) is 4.45. The molecule has 1 N–H and O–H groups in total. The molecule has 2 saturated carbocycles. The van der Waals surface area contributed by atoms with Crippen LogP contribution < -0.4 is 5.32 Å². The summed E-state index contributed by atoms with van der Waals surface area (Å²) in [6.07, 6.45) is 2.93. The summed E-state index contributed by atoms with van der Waals surface area (Å²) in [6.45, 7) is 1.07. The van der Waals surface area contributed by atoms with E-state index < -0.39 is 25.0 Å². The van der Waals surface area contributed by atoms with Gasteiger partial charge in [0.1, 0.15) is 6.54 Å². The van der Waals surface area contributed by atoms with Gasteiger partial charge in [-0.05, 0) is 50.2 Å². The third-order valence-electron chi connectivity index (χ3n) is 6.01. The highest BCUT2D eigenvalue weighted by atomic mass is 16.5. The van der Waals surface area contributed by atoms with Gasteiger partial charge in [-0.15, -0.1) is 0 Å². The summed E-state index contributed by atoms with van der Waals surface area (Å²) in [7, 11) is 0. The predicted octanol–water partition coefficient (Wildman–Crippen LogP) is 1.51. The van der Waals surface area contributed by atoms with Gasteiger partial charge < -0.3 is 10.1 Å². The van der Waals surface area contributed by atoms with Crippen molar-refractivity contribution in [2.75, 3.05) is 18.5 Å². The largest absolute Gasteiger partial charge is 0.454 e. The van der Waals surface area contributed by atoms with E-state index >= 15 is 0 Å². The normalized spacial score (nSPS) is 28.4. The van der Waals surface area contributed by atoms with Gasteiger partial charge in [-0.1, -0.05) is 17.7 Å². The highest BCUT2D eigenvalue weighted by Crippen LogP contribution is 2.56. The number of carbonyl (C=O) groups excluding carboxylic acids is 4. The fourth-order valence-corrected chi connectivity index (χ4v) is 4.78. The number of nitrogens with one attached hydrogen (secondary N) is 1. The number of carbonyl (C=O) groups is 4. The predicted molar refractivity (Wildman–Crippen MR) is 95.3 cm³/mol. The number of imide groups is 1. The smallest absolute Gasteiger partial charge is 0.326 e. The average molecular weight is 370 g/mol. The number of amides is 3. The molecule has 0 radical (unpaired) electrons. The second kappa shape index (κ2) is 6.79. The molecule has 7 nitrogen and oxygen atoms in total. The van der Waals surface area contributed by atoms with E-state index in [1.54, 1.807) is 12.1 Å². The quantitative estimate of drug-likeness (QED) is 0.626. The third-order valence-corrected chi connectivity index (χ3v) is 6.01. The Hall–Kier alpha value is -2.70. The average Bonchev–Trinajstić information content (AvgIpc) is 3.32. The van der Waals surface area contributed by atoms with Gasteiger partial charge >= 0.3 is 5.97 Å². The lowest BCUT2D eigenvalue weighted by Gasteiger charge is -2.19. The lowest BCUT2D eigenvalue weighted by molar-refractivity contribution is -0.154. The lowest BCUT2D eigenvalue weighted by Crippen LogP contribution is -2.38. The number of rotatable bonds is 5. The van der Waals surface area contributed by atoms with Crippen LogP contribution in [0.15, 0.2) is 24.3 Å². The minimum Gasteiger partial charge on any atom is -0.454 e. The van der Waals surface area contributed by atoms with Crippen molar-refractivity contribution in [2.45, 2.75) is 26.2 Å². The summed E-state index contributed by atoms with van der Waals surface area (Å²) in [5.41, 5.74) is 1.67. The summed E-state index contributed by atoms with van der Waals surface area (Å²) < 4.78 is 4.95. The maximum atomic E-state index is 12.5. The molecule has 4 rings (SSSR count). The maximum Gasteiger partial charge on any atom is 0.326 e. The number of benzene rings is 1. The number of esters is 1. The molecule has 0 aromatic heterocycles. The van der Waals surface area contributed by atoms with Crippen molar-refractivity contribution >= 4 is 29.4 Å². The maximum absolute atomic E-state index is 12.5. The van der Waals surface area contributed by atoms with Crippen LogP contribution in [0.2, 0.25) is 0 Å². The Balaban J connectivity index is 1.28. The molecule has 4 atom stereocenters. The van der Waals surface area contributed by atoms with E-state index in [-0.39, 0.29) is 35.5 Å². The van der Waals surface area contributed by atoms with Crippen LogP contribution in [0.1, 0.15) is 24.8 Å². The van der Waals surface area contributed by atoms with Crippen molar-refractivity contribution in [3.63, 3.8) is 0 Å². The van der Waals surface area contributed by atoms with Crippen LogP contribution >= 0.6 is 0 Å². The first-order valence-corrected chi connectivity index (χ1v) is 9.31. The number of anilines is 1. The molecule has 1 aliphatic heterocycles. The summed E-state index contributed by atoms with van der Waals surface area (Å²) in [5, 5.41) is 2.62. The molecule has 3 amide bonds. The first-order valence-electron chi connectivity index (χ1n) is 9.31. The first kappa shape index (κ1) is 17.7. The fraction of sp³-hybridized carbons (Fsp3) is 0.500. The van der Waals surface area contributed by atoms with Crippen molar-refractivity contribution in [2.24, 2.45) is 23.7 Å². The van der Waals surface area contributed by atoms with Gasteiger partial charge in [0.25, 0.3) is 5.91 Å². The van der Waals surface area contributed by atoms with Crippen molar-refractivity contribution in [3.05, 3.63) is 29.8 Å². The molecule has 3 aliphatic rings. The summed E-state index contributed by atoms with van der Waals surface area (Å²) in [5.74, 6) is -1.68. The van der Waals surface area contributed by atoms with Crippen LogP contribution in [0.25, 0.3) is 0 Å². The molecular formula is C20H22N2O5. The molecule has 7 heteroatoms. The molecule has 3 fully saturated rings. The second-order valence-electron chi connectivity index (χ2n) is 7.72. The van der Waals surface area contributed by atoms with Crippen molar-refractivity contribution in [3.8, 4) is 0 Å². The van der Waals surface area contributed by atoms with Gasteiger partial charge in [0, 0.05) is 5.69 Å². The molecule has 0 unspecified atom stereocenters. The number of ether oxygens (including phenoxy) is 1.